The third-order valence-corrected chi connectivity index (χ3v) is 6.29. The molecule has 0 fully saturated rings. The number of ether oxygens (including phenoxy) is 3. The van der Waals surface area contributed by atoms with Gasteiger partial charge in [0.1, 0.15) is 17.1 Å². The zero-order valence-corrected chi connectivity index (χ0v) is 22.9. The van der Waals surface area contributed by atoms with Crippen molar-refractivity contribution in [2.75, 3.05) is 25.2 Å². The van der Waals surface area contributed by atoms with Crippen LogP contribution in [0.2, 0.25) is 5.02 Å². The number of carbonyl (C=O) groups excluding carboxylic acids is 2. The number of nitrogens with zero attached hydrogens (tertiary/aromatic N) is 2. The first kappa shape index (κ1) is 27.7. The summed E-state index contributed by atoms with van der Waals surface area (Å²) in [6.07, 6.45) is -0.437. The van der Waals surface area contributed by atoms with Crippen LogP contribution >= 0.6 is 11.6 Å². The lowest BCUT2D eigenvalue weighted by atomic mass is 9.98. The van der Waals surface area contributed by atoms with E-state index >= 15 is 0 Å². The maximum absolute atomic E-state index is 13.1. The van der Waals surface area contributed by atoms with E-state index in [4.69, 9.17) is 30.3 Å². The number of aromatic nitrogens is 1. The number of amides is 1. The molecule has 0 spiro atoms. The van der Waals surface area contributed by atoms with Gasteiger partial charge in [-0.25, -0.2) is 9.69 Å². The van der Waals surface area contributed by atoms with Gasteiger partial charge >= 0.3 is 12.1 Å². The number of anilines is 2. The standard InChI is InChI=1S/C30H29ClN2O6/c1-5-37-27(34)18-20-11-16-26(36-4)23(17-20)21-12-14-22(15-13-21)29-28(19(3)32-39-29)33(30(35)38-6-2)25-10-8-7-9-24(25)31/h7-17H,5-6,18H2,1-4H3. The molecular formula is C30H29ClN2O6. The molecule has 39 heavy (non-hydrogen) atoms. The van der Waals surface area contributed by atoms with Gasteiger partial charge in [0.15, 0.2) is 5.76 Å². The molecule has 4 aromatic rings. The lowest BCUT2D eigenvalue weighted by Gasteiger charge is -2.23. The van der Waals surface area contributed by atoms with E-state index in [-0.39, 0.29) is 19.0 Å². The van der Waals surface area contributed by atoms with Crippen molar-refractivity contribution in [2.24, 2.45) is 0 Å². The molecule has 9 heteroatoms. The van der Waals surface area contributed by atoms with Crippen LogP contribution in [0, 0.1) is 6.92 Å². The van der Waals surface area contributed by atoms with Crippen molar-refractivity contribution in [1.29, 1.82) is 0 Å². The molecule has 1 aromatic heterocycles. The van der Waals surface area contributed by atoms with Crippen molar-refractivity contribution in [3.8, 4) is 28.2 Å². The molecule has 1 amide bonds. The molecule has 202 valence electrons. The molecule has 4 rings (SSSR count). The van der Waals surface area contributed by atoms with Gasteiger partial charge in [-0.05, 0) is 56.2 Å². The lowest BCUT2D eigenvalue weighted by molar-refractivity contribution is -0.142. The Hall–Kier alpha value is -4.30. The number of halogens is 1. The summed E-state index contributed by atoms with van der Waals surface area (Å²) in [6.45, 7) is 5.78. The van der Waals surface area contributed by atoms with Crippen LogP contribution in [0.15, 0.2) is 71.3 Å². The maximum Gasteiger partial charge on any atom is 0.419 e. The topological polar surface area (TPSA) is 91.1 Å². The van der Waals surface area contributed by atoms with Crippen LogP contribution < -0.4 is 9.64 Å². The quantitative estimate of drug-likeness (QED) is 0.201. The molecule has 3 aromatic carbocycles. The average Bonchev–Trinajstić information content (AvgIpc) is 3.31. The molecule has 0 saturated heterocycles. The monoisotopic (exact) mass is 548 g/mol. The van der Waals surface area contributed by atoms with E-state index in [0.717, 1.165) is 16.7 Å². The highest BCUT2D eigenvalue weighted by molar-refractivity contribution is 6.34. The Morgan fingerprint density at radius 3 is 2.31 bits per heavy atom. The van der Waals surface area contributed by atoms with E-state index in [1.807, 2.05) is 42.5 Å². The van der Waals surface area contributed by atoms with Gasteiger partial charge in [-0.3, -0.25) is 4.79 Å². The van der Waals surface area contributed by atoms with E-state index < -0.39 is 6.09 Å². The minimum atomic E-state index is -0.599. The average molecular weight is 549 g/mol. The van der Waals surface area contributed by atoms with Gasteiger partial charge in [-0.2, -0.15) is 0 Å². The minimum absolute atomic E-state index is 0.162. The Balaban J connectivity index is 1.74. The molecule has 8 nitrogen and oxygen atoms in total. The van der Waals surface area contributed by atoms with Gasteiger partial charge in [-0.15, -0.1) is 0 Å². The number of hydrogen-bond acceptors (Lipinski definition) is 7. The summed E-state index contributed by atoms with van der Waals surface area (Å²) in [4.78, 5) is 26.5. The summed E-state index contributed by atoms with van der Waals surface area (Å²) in [7, 11) is 1.60. The highest BCUT2D eigenvalue weighted by Crippen LogP contribution is 2.41. The van der Waals surface area contributed by atoms with Gasteiger partial charge in [0.2, 0.25) is 0 Å². The Morgan fingerprint density at radius 1 is 0.949 bits per heavy atom. The van der Waals surface area contributed by atoms with Crippen LogP contribution in [0.3, 0.4) is 0 Å². The van der Waals surface area contributed by atoms with Gasteiger partial charge in [-0.1, -0.05) is 59.2 Å². The first-order chi connectivity index (χ1) is 18.9. The SMILES string of the molecule is CCOC(=O)Cc1ccc(OC)c(-c2ccc(-c3onc(C)c3N(C(=O)OCC)c3ccccc3Cl)cc2)c1. The second-order valence-electron chi connectivity index (χ2n) is 8.53. The summed E-state index contributed by atoms with van der Waals surface area (Å²) in [5, 5.41) is 4.52. The Labute approximate surface area is 232 Å². The van der Waals surface area contributed by atoms with Gasteiger partial charge in [0.05, 0.1) is 37.5 Å². The fourth-order valence-corrected chi connectivity index (χ4v) is 4.44. The molecule has 0 saturated carbocycles. The molecule has 0 aliphatic rings. The Bertz CT molecular complexity index is 1460. The predicted octanol–water partition coefficient (Wildman–Crippen LogP) is 7.38. The zero-order chi connectivity index (χ0) is 27.9. The molecule has 0 aliphatic heterocycles. The lowest BCUT2D eigenvalue weighted by Crippen LogP contribution is -2.27. The normalized spacial score (nSPS) is 10.7. The summed E-state index contributed by atoms with van der Waals surface area (Å²) >= 11 is 6.47. The Kier molecular flexibility index (Phi) is 8.88. The zero-order valence-electron chi connectivity index (χ0n) is 22.2. The number of rotatable bonds is 9. The molecule has 0 bridgehead atoms. The van der Waals surface area contributed by atoms with E-state index in [1.165, 1.54) is 4.90 Å². The number of para-hydroxylation sites is 1. The van der Waals surface area contributed by atoms with Crippen LogP contribution in [-0.2, 0) is 20.7 Å². The summed E-state index contributed by atoms with van der Waals surface area (Å²) in [5.74, 6) is 0.760. The second-order valence-corrected chi connectivity index (χ2v) is 8.93. The van der Waals surface area contributed by atoms with Crippen LogP contribution in [0.25, 0.3) is 22.5 Å². The van der Waals surface area contributed by atoms with E-state index in [2.05, 4.69) is 5.16 Å². The number of aryl methyl sites for hydroxylation is 1. The smallest absolute Gasteiger partial charge is 0.419 e. The van der Waals surface area contributed by atoms with Gasteiger partial charge in [0, 0.05) is 11.1 Å². The van der Waals surface area contributed by atoms with E-state index in [1.54, 1.807) is 52.1 Å². The Morgan fingerprint density at radius 2 is 1.64 bits per heavy atom. The minimum Gasteiger partial charge on any atom is -0.496 e. The molecule has 0 atom stereocenters. The second kappa shape index (κ2) is 12.5. The van der Waals surface area contributed by atoms with E-state index in [9.17, 15) is 9.59 Å². The third kappa shape index (κ3) is 6.07. The van der Waals surface area contributed by atoms with Crippen molar-refractivity contribution in [3.05, 3.63) is 83.0 Å². The molecular weight excluding hydrogens is 520 g/mol. The maximum atomic E-state index is 13.1. The van der Waals surface area contributed by atoms with Crippen molar-refractivity contribution >= 4 is 35.0 Å². The van der Waals surface area contributed by atoms with Crippen molar-refractivity contribution < 1.29 is 28.3 Å². The van der Waals surface area contributed by atoms with Crippen LogP contribution in [0.1, 0.15) is 25.1 Å². The highest BCUT2D eigenvalue weighted by atomic mass is 35.5. The summed E-state index contributed by atoms with van der Waals surface area (Å²) < 4.78 is 21.7. The predicted molar refractivity (Wildman–Crippen MR) is 150 cm³/mol. The highest BCUT2D eigenvalue weighted by Gasteiger charge is 2.30. The molecule has 0 aliphatic carbocycles. The number of carbonyl (C=O) groups is 2. The number of hydrogen-bond donors (Lipinski definition) is 0. The third-order valence-electron chi connectivity index (χ3n) is 5.97. The van der Waals surface area contributed by atoms with Crippen molar-refractivity contribution in [2.45, 2.75) is 27.2 Å². The first-order valence-electron chi connectivity index (χ1n) is 12.5. The summed E-state index contributed by atoms with van der Waals surface area (Å²) in [5.41, 5.74) is 4.57. The fourth-order valence-electron chi connectivity index (χ4n) is 4.22. The molecule has 0 radical (unpaired) electrons. The van der Waals surface area contributed by atoms with Crippen LogP contribution in [-0.4, -0.2) is 37.5 Å². The summed E-state index contributed by atoms with van der Waals surface area (Å²) in [6, 6.07) is 20.1. The largest absolute Gasteiger partial charge is 0.496 e. The van der Waals surface area contributed by atoms with Gasteiger partial charge in [0.25, 0.3) is 0 Å². The first-order valence-corrected chi connectivity index (χ1v) is 12.9. The number of benzene rings is 3. The van der Waals surface area contributed by atoms with Crippen molar-refractivity contribution in [3.63, 3.8) is 0 Å². The molecule has 0 N–H and O–H groups in total. The van der Waals surface area contributed by atoms with Crippen molar-refractivity contribution in [1.82, 2.24) is 5.16 Å². The van der Waals surface area contributed by atoms with E-state index in [0.29, 0.717) is 45.8 Å². The molecule has 0 unspecified atom stereocenters. The molecule has 1 heterocycles. The van der Waals surface area contributed by atoms with Gasteiger partial charge < -0.3 is 18.7 Å². The van der Waals surface area contributed by atoms with Crippen LogP contribution in [0.4, 0.5) is 16.2 Å². The number of esters is 1. The fraction of sp³-hybridized carbons (Fsp3) is 0.233. The number of methoxy groups -OCH3 is 1. The van der Waals surface area contributed by atoms with Crippen LogP contribution in [0.5, 0.6) is 5.75 Å².